The van der Waals surface area contributed by atoms with Gasteiger partial charge in [-0.3, -0.25) is 4.79 Å². The van der Waals surface area contributed by atoms with Crippen LogP contribution < -0.4 is 10.1 Å². The van der Waals surface area contributed by atoms with Crippen LogP contribution in [0.25, 0.3) is 11.0 Å². The molecule has 0 aliphatic carbocycles. The van der Waals surface area contributed by atoms with E-state index in [2.05, 4.69) is 48.5 Å². The number of aryl methyl sites for hydroxylation is 3. The highest BCUT2D eigenvalue weighted by molar-refractivity contribution is 5.92. The van der Waals surface area contributed by atoms with Crippen LogP contribution in [-0.2, 0) is 17.8 Å². The average Bonchev–Trinajstić information content (AvgIpc) is 3.05. The van der Waals surface area contributed by atoms with Gasteiger partial charge in [-0.1, -0.05) is 24.8 Å². The number of nitrogens with one attached hydrogen (secondary N) is 1. The Morgan fingerprint density at radius 1 is 1.17 bits per heavy atom. The van der Waals surface area contributed by atoms with Gasteiger partial charge in [-0.25, -0.2) is 4.98 Å². The van der Waals surface area contributed by atoms with Gasteiger partial charge in [0.1, 0.15) is 18.2 Å². The molecule has 0 radical (unpaired) electrons. The van der Waals surface area contributed by atoms with Crippen molar-refractivity contribution < 1.29 is 9.53 Å². The Morgan fingerprint density at radius 3 is 2.72 bits per heavy atom. The molecule has 2 aromatic carbocycles. The monoisotopic (exact) mass is 391 g/mol. The summed E-state index contributed by atoms with van der Waals surface area (Å²) in [6.07, 6.45) is 1.61. The Balaban J connectivity index is 1.65. The van der Waals surface area contributed by atoms with Gasteiger partial charge in [0.05, 0.1) is 17.6 Å². The summed E-state index contributed by atoms with van der Waals surface area (Å²) in [6.45, 7) is 11.5. The normalized spacial score (nSPS) is 10.9. The minimum Gasteiger partial charge on any atom is -0.492 e. The molecule has 5 nitrogen and oxygen atoms in total. The summed E-state index contributed by atoms with van der Waals surface area (Å²) >= 11 is 0. The van der Waals surface area contributed by atoms with Crippen LogP contribution in [0.2, 0.25) is 0 Å². The van der Waals surface area contributed by atoms with Crippen LogP contribution in [-0.4, -0.2) is 28.6 Å². The average molecular weight is 392 g/mol. The van der Waals surface area contributed by atoms with Gasteiger partial charge < -0.3 is 14.6 Å². The van der Waals surface area contributed by atoms with Gasteiger partial charge in [-0.2, -0.15) is 0 Å². The third kappa shape index (κ3) is 5.25. The lowest BCUT2D eigenvalue weighted by Gasteiger charge is -2.12. The predicted octanol–water partition coefficient (Wildman–Crippen LogP) is 4.36. The van der Waals surface area contributed by atoms with Gasteiger partial charge in [-0.15, -0.1) is 0 Å². The van der Waals surface area contributed by atoms with Crippen LogP contribution in [0.3, 0.4) is 0 Å². The van der Waals surface area contributed by atoms with Crippen molar-refractivity contribution in [1.29, 1.82) is 0 Å². The Hall–Kier alpha value is -3.08. The molecule has 3 aromatic rings. The van der Waals surface area contributed by atoms with E-state index in [0.29, 0.717) is 18.7 Å². The first-order valence-corrected chi connectivity index (χ1v) is 10.0. The van der Waals surface area contributed by atoms with Gasteiger partial charge in [0.15, 0.2) is 0 Å². The number of hydrogen-bond acceptors (Lipinski definition) is 3. The van der Waals surface area contributed by atoms with Gasteiger partial charge in [-0.05, 0) is 62.6 Å². The molecular formula is C24H29N3O2. The SMILES string of the molecule is C=C(C)C(=O)NCCCc1nc2ccccc2n1CCOc1ccc(C)c(C)c1. The summed E-state index contributed by atoms with van der Waals surface area (Å²) < 4.78 is 8.21. The van der Waals surface area contributed by atoms with Crippen LogP contribution >= 0.6 is 0 Å². The zero-order chi connectivity index (χ0) is 20.8. The van der Waals surface area contributed by atoms with Crippen molar-refractivity contribution in [2.75, 3.05) is 13.2 Å². The molecule has 0 saturated carbocycles. The lowest BCUT2D eigenvalue weighted by molar-refractivity contribution is -0.117. The fourth-order valence-electron chi connectivity index (χ4n) is 3.22. The molecule has 0 fully saturated rings. The van der Waals surface area contributed by atoms with Crippen molar-refractivity contribution in [3.05, 3.63) is 71.6 Å². The van der Waals surface area contributed by atoms with E-state index in [9.17, 15) is 4.79 Å². The molecule has 1 N–H and O–H groups in total. The second kappa shape index (κ2) is 9.41. The number of amides is 1. The Bertz CT molecular complexity index is 1020. The van der Waals surface area contributed by atoms with Crippen molar-refractivity contribution in [1.82, 2.24) is 14.9 Å². The van der Waals surface area contributed by atoms with E-state index in [-0.39, 0.29) is 5.91 Å². The number of aromatic nitrogens is 2. The Kier molecular flexibility index (Phi) is 6.70. The molecule has 152 valence electrons. The van der Waals surface area contributed by atoms with Crippen LogP contribution in [0, 0.1) is 13.8 Å². The number of para-hydroxylation sites is 2. The van der Waals surface area contributed by atoms with Crippen molar-refractivity contribution in [3.63, 3.8) is 0 Å². The molecule has 1 aromatic heterocycles. The third-order valence-corrected chi connectivity index (χ3v) is 5.05. The first-order chi connectivity index (χ1) is 14.0. The molecule has 0 saturated heterocycles. The largest absolute Gasteiger partial charge is 0.492 e. The third-order valence-electron chi connectivity index (χ3n) is 5.05. The maximum Gasteiger partial charge on any atom is 0.246 e. The van der Waals surface area contributed by atoms with Crippen molar-refractivity contribution in [2.24, 2.45) is 0 Å². The smallest absolute Gasteiger partial charge is 0.246 e. The summed E-state index contributed by atoms with van der Waals surface area (Å²) in [5, 5.41) is 2.88. The highest BCUT2D eigenvalue weighted by Gasteiger charge is 2.11. The number of rotatable bonds is 9. The highest BCUT2D eigenvalue weighted by atomic mass is 16.5. The lowest BCUT2D eigenvalue weighted by atomic mass is 10.1. The minimum absolute atomic E-state index is 0.0969. The topological polar surface area (TPSA) is 56.2 Å². The molecule has 0 unspecified atom stereocenters. The van der Waals surface area contributed by atoms with Crippen LogP contribution in [0.4, 0.5) is 0 Å². The number of imidazole rings is 1. The number of benzene rings is 2. The van der Waals surface area contributed by atoms with Gasteiger partial charge in [0.25, 0.3) is 0 Å². The zero-order valence-electron chi connectivity index (χ0n) is 17.5. The maximum absolute atomic E-state index is 11.6. The first-order valence-electron chi connectivity index (χ1n) is 10.0. The summed E-state index contributed by atoms with van der Waals surface area (Å²) in [7, 11) is 0. The number of carbonyl (C=O) groups is 1. The fraction of sp³-hybridized carbons (Fsp3) is 0.333. The van der Waals surface area contributed by atoms with Crippen LogP contribution in [0.5, 0.6) is 5.75 Å². The zero-order valence-corrected chi connectivity index (χ0v) is 17.5. The van der Waals surface area contributed by atoms with E-state index in [1.807, 2.05) is 24.3 Å². The second-order valence-electron chi connectivity index (χ2n) is 7.40. The van der Waals surface area contributed by atoms with Crippen LogP contribution in [0.15, 0.2) is 54.6 Å². The molecule has 0 aliphatic rings. The number of ether oxygens (including phenoxy) is 1. The number of nitrogens with zero attached hydrogens (tertiary/aromatic N) is 2. The van der Waals surface area contributed by atoms with Gasteiger partial charge in [0.2, 0.25) is 5.91 Å². The molecule has 0 bridgehead atoms. The highest BCUT2D eigenvalue weighted by Crippen LogP contribution is 2.19. The predicted molar refractivity (Wildman–Crippen MR) is 117 cm³/mol. The molecule has 0 spiro atoms. The van der Waals surface area contributed by atoms with E-state index in [4.69, 9.17) is 9.72 Å². The molecule has 5 heteroatoms. The van der Waals surface area contributed by atoms with E-state index in [1.165, 1.54) is 11.1 Å². The van der Waals surface area contributed by atoms with Gasteiger partial charge >= 0.3 is 0 Å². The van der Waals surface area contributed by atoms with E-state index < -0.39 is 0 Å². The standard InChI is InChI=1S/C24H29N3O2/c1-17(2)24(28)25-13-7-10-23-26-21-8-5-6-9-22(21)27(23)14-15-29-20-12-11-18(3)19(4)16-20/h5-6,8-9,11-12,16H,1,7,10,13-15H2,2-4H3,(H,25,28). The number of hydrogen-bond donors (Lipinski definition) is 1. The maximum atomic E-state index is 11.6. The second-order valence-corrected chi connectivity index (χ2v) is 7.40. The molecule has 3 rings (SSSR count). The molecular weight excluding hydrogens is 362 g/mol. The van der Waals surface area contributed by atoms with Crippen molar-refractivity contribution in [3.8, 4) is 5.75 Å². The fourth-order valence-corrected chi connectivity index (χ4v) is 3.22. The molecule has 1 heterocycles. The first kappa shape index (κ1) is 20.6. The summed E-state index contributed by atoms with van der Waals surface area (Å²) in [6, 6.07) is 14.3. The van der Waals surface area contributed by atoms with Crippen LogP contribution in [0.1, 0.15) is 30.3 Å². The number of fused-ring (bicyclic) bond motifs is 1. The number of carbonyl (C=O) groups excluding carboxylic acids is 1. The van der Waals surface area contributed by atoms with E-state index in [1.54, 1.807) is 6.92 Å². The van der Waals surface area contributed by atoms with Crippen molar-refractivity contribution >= 4 is 16.9 Å². The molecule has 0 atom stereocenters. The summed E-state index contributed by atoms with van der Waals surface area (Å²) in [5.74, 6) is 1.81. The van der Waals surface area contributed by atoms with Crippen molar-refractivity contribution in [2.45, 2.75) is 40.2 Å². The Labute approximate surface area is 172 Å². The minimum atomic E-state index is -0.0969. The summed E-state index contributed by atoms with van der Waals surface area (Å²) in [4.78, 5) is 16.4. The molecule has 29 heavy (non-hydrogen) atoms. The Morgan fingerprint density at radius 2 is 1.97 bits per heavy atom. The lowest BCUT2D eigenvalue weighted by Crippen LogP contribution is -2.25. The summed E-state index contributed by atoms with van der Waals surface area (Å²) in [5.41, 5.74) is 5.12. The quantitative estimate of drug-likeness (QED) is 0.436. The van der Waals surface area contributed by atoms with E-state index in [0.717, 1.165) is 42.0 Å². The van der Waals surface area contributed by atoms with E-state index >= 15 is 0 Å². The van der Waals surface area contributed by atoms with Gasteiger partial charge in [0, 0.05) is 18.5 Å². The molecule has 1 amide bonds. The molecule has 0 aliphatic heterocycles.